The van der Waals surface area contributed by atoms with Crippen molar-refractivity contribution in [2.24, 2.45) is 0 Å². The van der Waals surface area contributed by atoms with Crippen molar-refractivity contribution in [3.63, 3.8) is 0 Å². The van der Waals surface area contributed by atoms with Gasteiger partial charge in [-0.25, -0.2) is 0 Å². The highest BCUT2D eigenvalue weighted by molar-refractivity contribution is 5.98. The Hall–Kier alpha value is -2.86. The molecule has 0 saturated heterocycles. The van der Waals surface area contributed by atoms with E-state index in [1.807, 2.05) is 32.0 Å². The Kier molecular flexibility index (Phi) is 8.02. The molecule has 0 aliphatic carbocycles. The summed E-state index contributed by atoms with van der Waals surface area (Å²) in [6.07, 6.45) is 0.0672. The number of para-hydroxylation sites is 1. The van der Waals surface area contributed by atoms with Gasteiger partial charge in [0.2, 0.25) is 0 Å². The maximum absolute atomic E-state index is 12.5. The number of carbonyl (C=O) groups is 2. The summed E-state index contributed by atoms with van der Waals surface area (Å²) < 4.78 is 10.8. The van der Waals surface area contributed by atoms with Gasteiger partial charge in [0.25, 0.3) is 11.8 Å². The van der Waals surface area contributed by atoms with Crippen LogP contribution in [0.1, 0.15) is 34.8 Å². The third-order valence-electron chi connectivity index (χ3n) is 4.28. The van der Waals surface area contributed by atoms with Crippen LogP contribution in [0.5, 0.6) is 5.75 Å². The Balaban J connectivity index is 1.97. The summed E-state index contributed by atoms with van der Waals surface area (Å²) in [4.78, 5) is 24.7. The van der Waals surface area contributed by atoms with Crippen molar-refractivity contribution >= 4 is 17.5 Å². The first-order valence-corrected chi connectivity index (χ1v) is 9.33. The van der Waals surface area contributed by atoms with Crippen molar-refractivity contribution < 1.29 is 19.1 Å². The molecule has 1 atom stereocenters. The molecule has 0 spiro atoms. The highest BCUT2D eigenvalue weighted by Gasteiger charge is 2.17. The fourth-order valence-electron chi connectivity index (χ4n) is 2.72. The minimum absolute atomic E-state index is 0.188. The van der Waals surface area contributed by atoms with Gasteiger partial charge in [0, 0.05) is 31.5 Å². The second-order valence-electron chi connectivity index (χ2n) is 6.65. The quantitative estimate of drug-likeness (QED) is 0.649. The van der Waals surface area contributed by atoms with E-state index in [0.29, 0.717) is 30.2 Å². The Morgan fingerprint density at radius 2 is 1.75 bits per heavy atom. The summed E-state index contributed by atoms with van der Waals surface area (Å²) in [6, 6.07) is 12.7. The summed E-state index contributed by atoms with van der Waals surface area (Å²) in [5, 5.41) is 5.63. The van der Waals surface area contributed by atoms with Crippen LogP contribution in [0.4, 0.5) is 5.69 Å². The lowest BCUT2D eigenvalue weighted by Gasteiger charge is -2.18. The fourth-order valence-corrected chi connectivity index (χ4v) is 2.72. The maximum atomic E-state index is 12.5. The van der Waals surface area contributed by atoms with Gasteiger partial charge in [-0.05, 0) is 56.5 Å². The molecule has 2 aromatic carbocycles. The smallest absolute Gasteiger partial charge is 0.265 e. The summed E-state index contributed by atoms with van der Waals surface area (Å²) in [6.45, 7) is 6.72. The lowest BCUT2D eigenvalue weighted by molar-refractivity contribution is -0.122. The van der Waals surface area contributed by atoms with Gasteiger partial charge in [0.1, 0.15) is 5.75 Å². The molecule has 0 saturated carbocycles. The number of hydrogen-bond acceptors (Lipinski definition) is 4. The van der Waals surface area contributed by atoms with Crippen molar-refractivity contribution in [2.45, 2.75) is 33.3 Å². The SMILES string of the molecule is COCCCNC(=O)c1cccc(NC(=O)C(C)Oc2c(C)cccc2C)c1. The predicted molar refractivity (Wildman–Crippen MR) is 110 cm³/mol. The summed E-state index contributed by atoms with van der Waals surface area (Å²) in [5.74, 6) is 0.252. The lowest BCUT2D eigenvalue weighted by atomic mass is 10.1. The van der Waals surface area contributed by atoms with Gasteiger partial charge in [0.15, 0.2) is 6.10 Å². The predicted octanol–water partition coefficient (Wildman–Crippen LogP) is 3.48. The molecule has 0 heterocycles. The Morgan fingerprint density at radius 3 is 2.43 bits per heavy atom. The monoisotopic (exact) mass is 384 g/mol. The summed E-state index contributed by atoms with van der Waals surface area (Å²) >= 11 is 0. The van der Waals surface area contributed by atoms with Crippen LogP contribution in [0.15, 0.2) is 42.5 Å². The summed E-state index contributed by atoms with van der Waals surface area (Å²) in [7, 11) is 1.62. The van der Waals surface area contributed by atoms with Gasteiger partial charge < -0.3 is 20.1 Å². The topological polar surface area (TPSA) is 76.7 Å². The molecule has 6 nitrogen and oxygen atoms in total. The van der Waals surface area contributed by atoms with Crippen LogP contribution in [-0.4, -0.2) is 38.2 Å². The highest BCUT2D eigenvalue weighted by Crippen LogP contribution is 2.24. The van der Waals surface area contributed by atoms with Crippen molar-refractivity contribution in [2.75, 3.05) is 25.6 Å². The van der Waals surface area contributed by atoms with Crippen LogP contribution in [0, 0.1) is 13.8 Å². The molecule has 6 heteroatoms. The van der Waals surface area contributed by atoms with Crippen LogP contribution in [0.3, 0.4) is 0 Å². The standard InChI is InChI=1S/C22H28N2O4/c1-15-8-5-9-16(2)20(15)28-17(3)21(25)24-19-11-6-10-18(14-19)22(26)23-12-7-13-27-4/h5-6,8-11,14,17H,7,12-13H2,1-4H3,(H,23,26)(H,24,25). The van der Waals surface area contributed by atoms with E-state index in [0.717, 1.165) is 17.5 Å². The zero-order chi connectivity index (χ0) is 20.5. The van der Waals surface area contributed by atoms with E-state index >= 15 is 0 Å². The van der Waals surface area contributed by atoms with Crippen molar-refractivity contribution in [3.8, 4) is 5.75 Å². The normalized spacial score (nSPS) is 11.6. The molecule has 0 aromatic heterocycles. The molecule has 1 unspecified atom stereocenters. The molecule has 0 aliphatic rings. The second kappa shape index (κ2) is 10.5. The van der Waals surface area contributed by atoms with Gasteiger partial charge >= 0.3 is 0 Å². The Labute approximate surface area is 166 Å². The first-order valence-electron chi connectivity index (χ1n) is 9.33. The third-order valence-corrected chi connectivity index (χ3v) is 4.28. The number of amides is 2. The molecule has 28 heavy (non-hydrogen) atoms. The Morgan fingerprint density at radius 1 is 1.07 bits per heavy atom. The van der Waals surface area contributed by atoms with Gasteiger partial charge in [0.05, 0.1) is 0 Å². The molecule has 0 fully saturated rings. The zero-order valence-electron chi connectivity index (χ0n) is 16.9. The molecule has 150 valence electrons. The van der Waals surface area contributed by atoms with Gasteiger partial charge in [-0.2, -0.15) is 0 Å². The van der Waals surface area contributed by atoms with Gasteiger partial charge in [-0.3, -0.25) is 9.59 Å². The molecule has 2 amide bonds. The minimum atomic E-state index is -0.675. The number of anilines is 1. The number of carbonyl (C=O) groups excluding carboxylic acids is 2. The number of aryl methyl sites for hydroxylation is 2. The van der Waals surface area contributed by atoms with Crippen LogP contribution in [0.25, 0.3) is 0 Å². The van der Waals surface area contributed by atoms with Gasteiger partial charge in [-0.1, -0.05) is 24.3 Å². The van der Waals surface area contributed by atoms with E-state index in [4.69, 9.17) is 9.47 Å². The van der Waals surface area contributed by atoms with Crippen LogP contribution in [-0.2, 0) is 9.53 Å². The van der Waals surface area contributed by atoms with Crippen molar-refractivity contribution in [3.05, 3.63) is 59.2 Å². The number of methoxy groups -OCH3 is 1. The summed E-state index contributed by atoms with van der Waals surface area (Å²) in [5.41, 5.74) is 2.99. The number of nitrogens with one attached hydrogen (secondary N) is 2. The second-order valence-corrected chi connectivity index (χ2v) is 6.65. The van der Waals surface area contributed by atoms with Gasteiger partial charge in [-0.15, -0.1) is 0 Å². The number of rotatable bonds is 9. The molecule has 2 rings (SSSR count). The third kappa shape index (κ3) is 6.09. The average molecular weight is 384 g/mol. The van der Waals surface area contributed by atoms with Crippen LogP contribution < -0.4 is 15.4 Å². The van der Waals surface area contributed by atoms with Crippen LogP contribution >= 0.6 is 0 Å². The van der Waals surface area contributed by atoms with E-state index in [-0.39, 0.29) is 11.8 Å². The zero-order valence-corrected chi connectivity index (χ0v) is 16.9. The van der Waals surface area contributed by atoms with Crippen molar-refractivity contribution in [1.29, 1.82) is 0 Å². The molecule has 0 bridgehead atoms. The molecule has 2 N–H and O–H groups in total. The molecular formula is C22H28N2O4. The molecule has 0 radical (unpaired) electrons. The molecule has 2 aromatic rings. The number of hydrogen-bond donors (Lipinski definition) is 2. The molecular weight excluding hydrogens is 356 g/mol. The van der Waals surface area contributed by atoms with Crippen molar-refractivity contribution in [1.82, 2.24) is 5.32 Å². The molecule has 0 aliphatic heterocycles. The lowest BCUT2D eigenvalue weighted by Crippen LogP contribution is -2.30. The fraction of sp³-hybridized carbons (Fsp3) is 0.364. The van der Waals surface area contributed by atoms with E-state index in [1.165, 1.54) is 0 Å². The van der Waals surface area contributed by atoms with E-state index in [2.05, 4.69) is 10.6 Å². The first-order chi connectivity index (χ1) is 13.4. The largest absolute Gasteiger partial charge is 0.480 e. The van der Waals surface area contributed by atoms with E-state index in [9.17, 15) is 9.59 Å². The van der Waals surface area contributed by atoms with Crippen LogP contribution in [0.2, 0.25) is 0 Å². The minimum Gasteiger partial charge on any atom is -0.480 e. The Bertz CT molecular complexity index is 800. The van der Waals surface area contributed by atoms with E-state index < -0.39 is 6.10 Å². The first kappa shape index (κ1) is 21.4. The maximum Gasteiger partial charge on any atom is 0.265 e. The number of ether oxygens (including phenoxy) is 2. The number of benzene rings is 2. The average Bonchev–Trinajstić information content (AvgIpc) is 2.68. The highest BCUT2D eigenvalue weighted by atomic mass is 16.5. The van der Waals surface area contributed by atoms with E-state index in [1.54, 1.807) is 38.3 Å².